The molecule has 1 atom stereocenters. The van der Waals surface area contributed by atoms with Crippen molar-refractivity contribution in [2.75, 3.05) is 20.6 Å². The van der Waals surface area contributed by atoms with Crippen molar-refractivity contribution >= 4 is 28.2 Å². The molecule has 0 bridgehead atoms. The molecule has 0 aliphatic heterocycles. The van der Waals surface area contributed by atoms with Gasteiger partial charge in [0, 0.05) is 10.9 Å². The molecular weight excluding hydrogens is 396 g/mol. The van der Waals surface area contributed by atoms with Gasteiger partial charge in [0.15, 0.2) is 5.76 Å². The van der Waals surface area contributed by atoms with Gasteiger partial charge < -0.3 is 19.4 Å². The lowest BCUT2D eigenvalue weighted by atomic mass is 10.1. The second kappa shape index (κ2) is 9.15. The van der Waals surface area contributed by atoms with Crippen LogP contribution in [0.2, 0.25) is 0 Å². The second-order valence-corrected chi connectivity index (χ2v) is 8.34. The quantitative estimate of drug-likeness (QED) is 0.456. The molecule has 2 aromatic heterocycles. The number of likely N-dealkylation sites (N-methyl/N-ethyl adjacent to an activating group) is 1. The maximum Gasteiger partial charge on any atom is 0.287 e. The van der Waals surface area contributed by atoms with Crippen LogP contribution in [0.15, 0.2) is 76.5 Å². The van der Waals surface area contributed by atoms with Gasteiger partial charge in [0.25, 0.3) is 5.91 Å². The van der Waals surface area contributed by atoms with Gasteiger partial charge in [-0.25, -0.2) is 0 Å². The molecular formula is C24H25N2O3S+. The van der Waals surface area contributed by atoms with E-state index in [0.717, 1.165) is 16.7 Å². The Morgan fingerprint density at radius 2 is 1.83 bits per heavy atom. The summed E-state index contributed by atoms with van der Waals surface area (Å²) in [5.74, 6) is 0.842. The van der Waals surface area contributed by atoms with E-state index in [-0.39, 0.29) is 18.6 Å². The van der Waals surface area contributed by atoms with Gasteiger partial charge in [0.2, 0.25) is 0 Å². The monoisotopic (exact) mass is 421 g/mol. The molecule has 0 fully saturated rings. The lowest BCUT2D eigenvalue weighted by molar-refractivity contribution is -0.890. The number of fused-ring (bicyclic) bond motifs is 1. The van der Waals surface area contributed by atoms with Gasteiger partial charge in [-0.2, -0.15) is 0 Å². The summed E-state index contributed by atoms with van der Waals surface area (Å²) in [6.45, 7) is 0.786. The summed E-state index contributed by atoms with van der Waals surface area (Å²) in [5.41, 5.74) is 1.44. The zero-order valence-electron chi connectivity index (χ0n) is 17.1. The van der Waals surface area contributed by atoms with Crippen molar-refractivity contribution < 1.29 is 18.8 Å². The molecule has 30 heavy (non-hydrogen) atoms. The van der Waals surface area contributed by atoms with Crippen LogP contribution in [0.25, 0.3) is 11.0 Å². The van der Waals surface area contributed by atoms with Crippen molar-refractivity contribution in [3.05, 3.63) is 88.3 Å². The van der Waals surface area contributed by atoms with Crippen molar-refractivity contribution in [1.29, 1.82) is 0 Å². The van der Waals surface area contributed by atoms with Crippen molar-refractivity contribution in [2.24, 2.45) is 0 Å². The largest absolute Gasteiger partial charge is 0.489 e. The van der Waals surface area contributed by atoms with Crippen LogP contribution in [-0.4, -0.2) is 26.5 Å². The lowest BCUT2D eigenvalue weighted by Crippen LogP contribution is -3.06. The van der Waals surface area contributed by atoms with Crippen molar-refractivity contribution in [1.82, 2.24) is 5.32 Å². The van der Waals surface area contributed by atoms with E-state index in [2.05, 4.69) is 30.9 Å². The highest BCUT2D eigenvalue weighted by atomic mass is 32.1. The molecule has 2 heterocycles. The third kappa shape index (κ3) is 4.40. The number of hydrogen-bond acceptors (Lipinski definition) is 4. The zero-order chi connectivity index (χ0) is 20.9. The van der Waals surface area contributed by atoms with Crippen LogP contribution >= 0.6 is 11.3 Å². The van der Waals surface area contributed by atoms with E-state index in [4.69, 9.17) is 9.15 Å². The number of quaternary nitrogens is 1. The number of ether oxygens (including phenoxy) is 1. The van der Waals surface area contributed by atoms with E-state index in [1.54, 1.807) is 11.3 Å². The van der Waals surface area contributed by atoms with E-state index >= 15 is 0 Å². The maximum absolute atomic E-state index is 13.1. The molecule has 2 aromatic carbocycles. The number of thiophene rings is 1. The molecule has 0 aliphatic carbocycles. The molecule has 6 heteroatoms. The number of furan rings is 1. The smallest absolute Gasteiger partial charge is 0.287 e. The molecule has 0 radical (unpaired) electrons. The van der Waals surface area contributed by atoms with Crippen LogP contribution in [0, 0.1) is 0 Å². The number of carbonyl (C=O) groups is 1. The normalized spacial score (nSPS) is 12.2. The molecule has 0 aliphatic rings. The van der Waals surface area contributed by atoms with Gasteiger partial charge >= 0.3 is 0 Å². The standard InChI is InChI=1S/C24H24N2O3S/c1-26(2)20(22-13-8-14-30-22)15-25-24(27)23-19(16-28-17-9-4-3-5-10-17)18-11-6-7-12-21(18)29-23/h3-14,20H,15-16H2,1-2H3,(H,25,27)/p+1/t20-/m1/s1. The third-order valence-electron chi connectivity index (χ3n) is 5.08. The summed E-state index contributed by atoms with van der Waals surface area (Å²) in [7, 11) is 4.19. The Balaban J connectivity index is 1.55. The first kappa shape index (κ1) is 20.2. The Bertz CT molecular complexity index is 1100. The molecule has 1 amide bonds. The molecule has 0 spiro atoms. The fourth-order valence-electron chi connectivity index (χ4n) is 3.45. The molecule has 154 valence electrons. The summed E-state index contributed by atoms with van der Waals surface area (Å²) < 4.78 is 11.9. The van der Waals surface area contributed by atoms with Gasteiger partial charge in [-0.1, -0.05) is 42.5 Å². The van der Waals surface area contributed by atoms with Crippen molar-refractivity contribution in [3.8, 4) is 5.75 Å². The fraction of sp³-hybridized carbons (Fsp3) is 0.208. The Kier molecular flexibility index (Phi) is 6.16. The van der Waals surface area contributed by atoms with Crippen molar-refractivity contribution in [2.45, 2.75) is 12.6 Å². The number of amides is 1. The Labute approximate surface area is 179 Å². The lowest BCUT2D eigenvalue weighted by Gasteiger charge is -2.20. The second-order valence-electron chi connectivity index (χ2n) is 7.36. The van der Waals surface area contributed by atoms with Crippen LogP contribution in [0.1, 0.15) is 27.0 Å². The summed E-state index contributed by atoms with van der Waals surface area (Å²) >= 11 is 1.70. The highest BCUT2D eigenvalue weighted by Crippen LogP contribution is 2.27. The molecule has 4 rings (SSSR count). The topological polar surface area (TPSA) is 55.9 Å². The Morgan fingerprint density at radius 1 is 1.07 bits per heavy atom. The van der Waals surface area contributed by atoms with Gasteiger partial charge in [-0.15, -0.1) is 11.3 Å². The average Bonchev–Trinajstić information content (AvgIpc) is 3.41. The van der Waals surface area contributed by atoms with E-state index in [9.17, 15) is 4.79 Å². The number of rotatable bonds is 8. The molecule has 2 N–H and O–H groups in total. The van der Waals surface area contributed by atoms with Crippen LogP contribution in [0.3, 0.4) is 0 Å². The SMILES string of the molecule is C[NH+](C)[C@H](CNC(=O)c1oc2ccccc2c1COc1ccccc1)c1cccs1. The van der Waals surface area contributed by atoms with Gasteiger partial charge in [-0.05, 0) is 29.6 Å². The van der Waals surface area contributed by atoms with Crippen molar-refractivity contribution in [3.63, 3.8) is 0 Å². The first-order chi connectivity index (χ1) is 14.6. The number of para-hydroxylation sites is 2. The number of carbonyl (C=O) groups excluding carboxylic acids is 1. The Hall–Kier alpha value is -3.09. The Morgan fingerprint density at radius 3 is 2.57 bits per heavy atom. The highest BCUT2D eigenvalue weighted by molar-refractivity contribution is 7.10. The molecule has 0 unspecified atom stereocenters. The minimum absolute atomic E-state index is 0.183. The summed E-state index contributed by atoms with van der Waals surface area (Å²) in [4.78, 5) is 15.6. The highest BCUT2D eigenvalue weighted by Gasteiger charge is 2.24. The number of hydrogen-bond donors (Lipinski definition) is 2. The molecule has 4 aromatic rings. The van der Waals surface area contributed by atoms with Gasteiger partial charge in [0.1, 0.15) is 24.0 Å². The minimum atomic E-state index is -0.222. The van der Waals surface area contributed by atoms with E-state index in [1.807, 2.05) is 60.7 Å². The first-order valence-electron chi connectivity index (χ1n) is 9.93. The maximum atomic E-state index is 13.1. The van der Waals surface area contributed by atoms with E-state index in [1.165, 1.54) is 9.78 Å². The van der Waals surface area contributed by atoms with E-state index in [0.29, 0.717) is 17.9 Å². The van der Waals surface area contributed by atoms with E-state index < -0.39 is 0 Å². The third-order valence-corrected chi connectivity index (χ3v) is 6.07. The van der Waals surface area contributed by atoms with Crippen LogP contribution in [-0.2, 0) is 6.61 Å². The average molecular weight is 422 g/mol. The zero-order valence-corrected chi connectivity index (χ0v) is 17.9. The summed E-state index contributed by atoms with van der Waals surface area (Å²) in [5, 5.41) is 6.02. The van der Waals surface area contributed by atoms with Crippen LogP contribution < -0.4 is 15.0 Å². The predicted octanol–water partition coefficient (Wildman–Crippen LogP) is 3.69. The van der Waals surface area contributed by atoms with Crippen LogP contribution in [0.5, 0.6) is 5.75 Å². The predicted molar refractivity (Wildman–Crippen MR) is 119 cm³/mol. The molecule has 0 saturated carbocycles. The molecule has 5 nitrogen and oxygen atoms in total. The van der Waals surface area contributed by atoms with Gasteiger partial charge in [-0.3, -0.25) is 4.79 Å². The number of nitrogens with one attached hydrogen (secondary N) is 2. The van der Waals surface area contributed by atoms with Crippen LogP contribution in [0.4, 0.5) is 0 Å². The first-order valence-corrected chi connectivity index (χ1v) is 10.8. The number of benzene rings is 2. The summed E-state index contributed by atoms with van der Waals surface area (Å²) in [6.07, 6.45) is 0. The fourth-order valence-corrected chi connectivity index (χ4v) is 4.41. The van der Waals surface area contributed by atoms with Gasteiger partial charge in [0.05, 0.1) is 25.5 Å². The summed E-state index contributed by atoms with van der Waals surface area (Å²) in [6, 6.07) is 21.6. The molecule has 0 saturated heterocycles. The minimum Gasteiger partial charge on any atom is -0.489 e.